The van der Waals surface area contributed by atoms with E-state index in [2.05, 4.69) is 11.9 Å². The quantitative estimate of drug-likeness (QED) is 0.821. The topological polar surface area (TPSA) is 47.0 Å². The second-order valence-corrected chi connectivity index (χ2v) is 7.73. The van der Waals surface area contributed by atoms with Crippen LogP contribution >= 0.6 is 23.6 Å². The van der Waals surface area contributed by atoms with Crippen molar-refractivity contribution in [2.24, 2.45) is 0 Å². The van der Waals surface area contributed by atoms with Crippen LogP contribution in [0.25, 0.3) is 10.2 Å². The Balaban J connectivity index is 2.01. The monoisotopic (exact) mass is 322 g/mol. The van der Waals surface area contributed by atoms with E-state index in [-0.39, 0.29) is 11.1 Å². The van der Waals surface area contributed by atoms with Gasteiger partial charge in [-0.15, -0.1) is 11.3 Å². The fraction of sp³-hybridized carbons (Fsp3) is 0.600. The average Bonchev–Trinajstić information content (AvgIpc) is 2.98. The van der Waals surface area contributed by atoms with Gasteiger partial charge >= 0.3 is 0 Å². The van der Waals surface area contributed by atoms with E-state index in [4.69, 9.17) is 17.0 Å². The van der Waals surface area contributed by atoms with Crippen LogP contribution in [0.1, 0.15) is 36.6 Å². The summed E-state index contributed by atoms with van der Waals surface area (Å²) in [5.41, 5.74) is 1.12. The Morgan fingerprint density at radius 1 is 1.33 bits per heavy atom. The van der Waals surface area contributed by atoms with E-state index < -0.39 is 0 Å². The molecule has 1 fully saturated rings. The molecule has 0 bridgehead atoms. The number of nitrogens with zero attached hydrogens (tertiary/aromatic N) is 1. The number of hydrogen-bond acceptors (Lipinski definition) is 4. The van der Waals surface area contributed by atoms with Crippen molar-refractivity contribution in [3.63, 3.8) is 0 Å². The lowest BCUT2D eigenvalue weighted by atomic mass is 9.92. The van der Waals surface area contributed by atoms with E-state index in [1.807, 2.05) is 4.57 Å². The zero-order valence-corrected chi connectivity index (χ0v) is 13.7. The number of rotatable bonds is 1. The van der Waals surface area contributed by atoms with Crippen LogP contribution in [0, 0.1) is 4.77 Å². The lowest BCUT2D eigenvalue weighted by Gasteiger charge is -2.35. The molecule has 0 unspecified atom stereocenters. The van der Waals surface area contributed by atoms with E-state index in [1.165, 1.54) is 10.4 Å². The zero-order valence-electron chi connectivity index (χ0n) is 12.0. The minimum atomic E-state index is -0.232. The van der Waals surface area contributed by atoms with Gasteiger partial charge in [0.1, 0.15) is 4.83 Å². The third-order valence-corrected chi connectivity index (χ3v) is 6.36. The molecule has 2 aliphatic rings. The summed E-state index contributed by atoms with van der Waals surface area (Å²) in [5.74, 6) is 0. The van der Waals surface area contributed by atoms with Crippen LogP contribution in [0.2, 0.25) is 0 Å². The lowest BCUT2D eigenvalue weighted by molar-refractivity contribution is 0.0272. The summed E-state index contributed by atoms with van der Waals surface area (Å²) in [6.45, 7) is 3.51. The van der Waals surface area contributed by atoms with Gasteiger partial charge < -0.3 is 9.72 Å². The van der Waals surface area contributed by atoms with Gasteiger partial charge in [-0.3, -0.25) is 9.36 Å². The number of ether oxygens (including phenoxy) is 1. The number of nitrogens with one attached hydrogen (secondary N) is 1. The van der Waals surface area contributed by atoms with Gasteiger partial charge in [-0.05, 0) is 56.8 Å². The Morgan fingerprint density at radius 2 is 2.10 bits per heavy atom. The molecule has 0 amide bonds. The van der Waals surface area contributed by atoms with Crippen LogP contribution in [0.15, 0.2) is 4.79 Å². The minimum Gasteiger partial charge on any atom is -0.381 e. The Hall–Kier alpha value is -0.980. The molecular weight excluding hydrogens is 304 g/mol. The lowest BCUT2D eigenvalue weighted by Crippen LogP contribution is -2.43. The van der Waals surface area contributed by atoms with Crippen molar-refractivity contribution in [2.75, 3.05) is 13.2 Å². The van der Waals surface area contributed by atoms with E-state index in [1.54, 1.807) is 11.3 Å². The van der Waals surface area contributed by atoms with Crippen molar-refractivity contribution in [1.29, 1.82) is 0 Å². The number of thiophene rings is 1. The third-order valence-electron chi connectivity index (χ3n) is 4.87. The fourth-order valence-electron chi connectivity index (χ4n) is 3.60. The summed E-state index contributed by atoms with van der Waals surface area (Å²) in [4.78, 5) is 18.7. The largest absolute Gasteiger partial charge is 0.381 e. The smallest absolute Gasteiger partial charge is 0.263 e. The molecule has 21 heavy (non-hydrogen) atoms. The summed E-state index contributed by atoms with van der Waals surface area (Å²) in [6.07, 6.45) is 4.95. The van der Waals surface area contributed by atoms with Gasteiger partial charge in [0.05, 0.1) is 10.9 Å². The molecule has 1 N–H and O–H groups in total. The first-order chi connectivity index (χ1) is 10.1. The maximum Gasteiger partial charge on any atom is 0.263 e. The summed E-state index contributed by atoms with van der Waals surface area (Å²) in [5, 5.41) is 0.883. The van der Waals surface area contributed by atoms with Crippen LogP contribution < -0.4 is 5.56 Å². The molecule has 6 heteroatoms. The van der Waals surface area contributed by atoms with Crippen molar-refractivity contribution in [2.45, 2.75) is 44.6 Å². The normalized spacial score (nSPS) is 20.8. The first-order valence-corrected chi connectivity index (χ1v) is 8.70. The summed E-state index contributed by atoms with van der Waals surface area (Å²) in [7, 11) is 0. The van der Waals surface area contributed by atoms with Crippen LogP contribution in [-0.4, -0.2) is 22.8 Å². The molecule has 0 saturated carbocycles. The maximum absolute atomic E-state index is 13.1. The van der Waals surface area contributed by atoms with Crippen LogP contribution in [-0.2, 0) is 23.1 Å². The predicted molar refractivity (Wildman–Crippen MR) is 87.0 cm³/mol. The molecule has 112 valence electrons. The van der Waals surface area contributed by atoms with Gasteiger partial charge in [0, 0.05) is 18.1 Å². The highest BCUT2D eigenvalue weighted by atomic mass is 32.1. The number of aromatic nitrogens is 2. The highest BCUT2D eigenvalue weighted by Crippen LogP contribution is 2.36. The molecule has 2 aromatic heterocycles. The molecule has 4 rings (SSSR count). The molecule has 0 aromatic carbocycles. The molecule has 3 heterocycles. The number of hydrogen-bond donors (Lipinski definition) is 1. The molecule has 2 aromatic rings. The van der Waals surface area contributed by atoms with Crippen molar-refractivity contribution >= 4 is 33.8 Å². The molecule has 1 aliphatic heterocycles. The van der Waals surface area contributed by atoms with Gasteiger partial charge in [0.15, 0.2) is 4.77 Å². The Bertz CT molecular complexity index is 825. The first-order valence-electron chi connectivity index (χ1n) is 7.48. The molecule has 0 atom stereocenters. The van der Waals surface area contributed by atoms with Crippen molar-refractivity contribution in [3.8, 4) is 0 Å². The van der Waals surface area contributed by atoms with E-state index in [9.17, 15) is 4.79 Å². The minimum absolute atomic E-state index is 0.0950. The van der Waals surface area contributed by atoms with Gasteiger partial charge in [0.2, 0.25) is 0 Å². The molecular formula is C15H18N2O2S2. The second-order valence-electron chi connectivity index (χ2n) is 6.24. The number of aryl methyl sites for hydroxylation is 2. The SMILES string of the molecule is CC1(n2c(=S)[nH]c3sc4c(c3c2=O)CCC4)CCOCC1. The Kier molecular flexibility index (Phi) is 3.10. The second kappa shape index (κ2) is 4.76. The molecule has 0 spiro atoms. The Morgan fingerprint density at radius 3 is 2.86 bits per heavy atom. The summed E-state index contributed by atoms with van der Waals surface area (Å²) < 4.78 is 7.83. The average molecular weight is 322 g/mol. The zero-order chi connectivity index (χ0) is 14.6. The van der Waals surface area contributed by atoms with Gasteiger partial charge in [-0.25, -0.2) is 0 Å². The molecule has 1 aliphatic carbocycles. The van der Waals surface area contributed by atoms with Crippen molar-refractivity contribution in [3.05, 3.63) is 25.6 Å². The van der Waals surface area contributed by atoms with E-state index in [0.29, 0.717) is 18.0 Å². The maximum atomic E-state index is 13.1. The van der Waals surface area contributed by atoms with Crippen molar-refractivity contribution in [1.82, 2.24) is 9.55 Å². The molecule has 4 nitrogen and oxygen atoms in total. The number of fused-ring (bicyclic) bond motifs is 3. The van der Waals surface area contributed by atoms with Crippen LogP contribution in [0.4, 0.5) is 0 Å². The van der Waals surface area contributed by atoms with E-state index >= 15 is 0 Å². The fourth-order valence-corrected chi connectivity index (χ4v) is 5.35. The molecule has 1 saturated heterocycles. The molecule has 0 radical (unpaired) electrons. The highest BCUT2D eigenvalue weighted by Gasteiger charge is 2.33. The highest BCUT2D eigenvalue weighted by molar-refractivity contribution is 7.71. The number of H-pyrrole nitrogens is 1. The Labute approximate surface area is 131 Å². The van der Waals surface area contributed by atoms with Crippen molar-refractivity contribution < 1.29 is 4.74 Å². The van der Waals surface area contributed by atoms with Gasteiger partial charge in [0.25, 0.3) is 5.56 Å². The number of aromatic amines is 1. The standard InChI is InChI=1S/C15H18N2O2S2/c1-15(5-7-19-8-6-15)17-13(18)11-9-3-2-4-10(9)21-12(11)16-14(17)20/h2-8H2,1H3,(H,16,20). The summed E-state index contributed by atoms with van der Waals surface area (Å²) in [6, 6.07) is 0. The van der Waals surface area contributed by atoms with Gasteiger partial charge in [-0.2, -0.15) is 0 Å². The third kappa shape index (κ3) is 1.96. The van der Waals surface area contributed by atoms with E-state index in [0.717, 1.165) is 42.3 Å². The summed E-state index contributed by atoms with van der Waals surface area (Å²) >= 11 is 7.21. The predicted octanol–water partition coefficient (Wildman–Crippen LogP) is 3.13. The van der Waals surface area contributed by atoms with Crippen LogP contribution in [0.3, 0.4) is 0 Å². The van der Waals surface area contributed by atoms with Gasteiger partial charge in [-0.1, -0.05) is 0 Å². The van der Waals surface area contributed by atoms with Crippen LogP contribution in [0.5, 0.6) is 0 Å². The first kappa shape index (κ1) is 13.7.